The summed E-state index contributed by atoms with van der Waals surface area (Å²) < 4.78 is 33.9. The quantitative estimate of drug-likeness (QED) is 0.409. The van der Waals surface area contributed by atoms with Crippen molar-refractivity contribution in [2.75, 3.05) is 41.7 Å². The molecule has 8 heteroatoms. The number of carbonyl (C=O) groups is 1. The third kappa shape index (κ3) is 4.68. The zero-order valence-corrected chi connectivity index (χ0v) is 21.3. The molecule has 0 spiro atoms. The van der Waals surface area contributed by atoms with Crippen LogP contribution in [0.5, 0.6) is 34.5 Å². The molecular formula is C29H29NO7. The van der Waals surface area contributed by atoms with Gasteiger partial charge in [0.1, 0.15) is 24.0 Å². The highest BCUT2D eigenvalue weighted by Gasteiger charge is 2.33. The highest BCUT2D eigenvalue weighted by molar-refractivity contribution is 6.15. The van der Waals surface area contributed by atoms with Crippen LogP contribution >= 0.6 is 0 Å². The summed E-state index contributed by atoms with van der Waals surface area (Å²) in [5.41, 5.74) is 3.21. The summed E-state index contributed by atoms with van der Waals surface area (Å²) in [7, 11) is 6.32. The van der Waals surface area contributed by atoms with Gasteiger partial charge in [-0.1, -0.05) is 18.2 Å². The lowest BCUT2D eigenvalue weighted by Crippen LogP contribution is -2.33. The van der Waals surface area contributed by atoms with E-state index in [0.29, 0.717) is 47.4 Å². The van der Waals surface area contributed by atoms with E-state index >= 15 is 0 Å². The molecule has 3 aromatic carbocycles. The molecule has 192 valence electrons. The number of carbonyl (C=O) groups excluding carboxylic acids is 1. The number of rotatable bonds is 8. The van der Waals surface area contributed by atoms with Crippen molar-refractivity contribution < 1.29 is 33.2 Å². The van der Waals surface area contributed by atoms with E-state index in [4.69, 9.17) is 28.4 Å². The topological polar surface area (TPSA) is 75.7 Å². The maximum atomic E-state index is 13.2. The zero-order chi connectivity index (χ0) is 25.9. The molecule has 3 aromatic rings. The fraction of sp³-hybridized carbons (Fsp3) is 0.276. The van der Waals surface area contributed by atoms with Gasteiger partial charge in [-0.3, -0.25) is 9.69 Å². The van der Waals surface area contributed by atoms with Crippen LogP contribution < -0.4 is 28.4 Å². The van der Waals surface area contributed by atoms with Crippen LogP contribution in [0, 0.1) is 0 Å². The zero-order valence-electron chi connectivity index (χ0n) is 21.3. The first-order chi connectivity index (χ1) is 18.1. The summed E-state index contributed by atoms with van der Waals surface area (Å²) in [4.78, 5) is 15.4. The molecule has 0 fully saturated rings. The number of allylic oxidation sites excluding steroid dienone is 1. The van der Waals surface area contributed by atoms with Crippen LogP contribution in [-0.4, -0.2) is 52.4 Å². The van der Waals surface area contributed by atoms with Gasteiger partial charge in [0.15, 0.2) is 17.3 Å². The molecule has 5 rings (SSSR count). The summed E-state index contributed by atoms with van der Waals surface area (Å²) in [5.74, 6) is 3.66. The third-order valence-electron chi connectivity index (χ3n) is 6.56. The largest absolute Gasteiger partial charge is 0.496 e. The van der Waals surface area contributed by atoms with Gasteiger partial charge in [-0.15, -0.1) is 0 Å². The number of fused-ring (bicyclic) bond motifs is 3. The van der Waals surface area contributed by atoms with Gasteiger partial charge in [-0.25, -0.2) is 0 Å². The predicted molar refractivity (Wildman–Crippen MR) is 138 cm³/mol. The fourth-order valence-electron chi connectivity index (χ4n) is 4.67. The normalized spacial score (nSPS) is 15.5. The maximum absolute atomic E-state index is 13.2. The Kier molecular flexibility index (Phi) is 6.92. The first-order valence-electron chi connectivity index (χ1n) is 11.9. The van der Waals surface area contributed by atoms with Crippen molar-refractivity contribution in [2.24, 2.45) is 0 Å². The lowest BCUT2D eigenvalue weighted by molar-refractivity contribution is 0.0948. The lowest BCUT2D eigenvalue weighted by atomic mass is 10.0. The Morgan fingerprint density at radius 1 is 0.919 bits per heavy atom. The molecule has 2 heterocycles. The van der Waals surface area contributed by atoms with Crippen molar-refractivity contribution in [1.29, 1.82) is 0 Å². The second-order valence-corrected chi connectivity index (χ2v) is 8.71. The number of Topliss-reactive ketones (excluding diaryl/α,β-unsaturated/α-hetero) is 1. The van der Waals surface area contributed by atoms with Crippen LogP contribution in [0.25, 0.3) is 6.08 Å². The van der Waals surface area contributed by atoms with Crippen molar-refractivity contribution in [3.05, 3.63) is 76.5 Å². The average molecular weight is 504 g/mol. The summed E-state index contributed by atoms with van der Waals surface area (Å²) in [6, 6.07) is 15.1. The first kappa shape index (κ1) is 24.5. The molecule has 0 aromatic heterocycles. The van der Waals surface area contributed by atoms with Crippen LogP contribution in [0.3, 0.4) is 0 Å². The summed E-state index contributed by atoms with van der Waals surface area (Å²) in [6.45, 7) is 1.84. The van der Waals surface area contributed by atoms with E-state index in [9.17, 15) is 4.79 Å². The second-order valence-electron chi connectivity index (χ2n) is 8.71. The standard InChI is InChI=1S/C29H29NO7/c1-32-22-8-6-5-7-19(22)11-12-30-16-21-23(36-17-30)10-9-20-27(31)24(37-28(20)21)13-18-14-25(33-2)29(35-4)26(15-18)34-3/h5-10,13-15H,11-12,16-17H2,1-4H3/b24-13-. The molecule has 2 aliphatic rings. The van der Waals surface area contributed by atoms with E-state index in [2.05, 4.69) is 11.0 Å². The van der Waals surface area contributed by atoms with Crippen molar-refractivity contribution in [2.45, 2.75) is 13.0 Å². The molecule has 0 N–H and O–H groups in total. The Morgan fingerprint density at radius 2 is 1.65 bits per heavy atom. The highest BCUT2D eigenvalue weighted by atomic mass is 16.5. The smallest absolute Gasteiger partial charge is 0.231 e. The SMILES string of the molecule is COc1ccccc1CCN1COc2ccc3c(c2C1)O/C(=C\c1cc(OC)c(OC)c(OC)c1)C3=O. The Hall–Kier alpha value is -4.17. The van der Waals surface area contributed by atoms with Gasteiger partial charge in [0.25, 0.3) is 0 Å². The predicted octanol–water partition coefficient (Wildman–Crippen LogP) is 4.73. The van der Waals surface area contributed by atoms with E-state index < -0.39 is 0 Å². The number of methoxy groups -OCH3 is 4. The maximum Gasteiger partial charge on any atom is 0.231 e. The van der Waals surface area contributed by atoms with Gasteiger partial charge >= 0.3 is 0 Å². The van der Waals surface area contributed by atoms with Crippen molar-refractivity contribution >= 4 is 11.9 Å². The van der Waals surface area contributed by atoms with Gasteiger partial charge in [0.05, 0.1) is 39.6 Å². The number of ketones is 1. The van der Waals surface area contributed by atoms with Gasteiger partial charge in [0.2, 0.25) is 11.5 Å². The van der Waals surface area contributed by atoms with Gasteiger partial charge in [-0.05, 0) is 54.0 Å². The average Bonchev–Trinajstić information content (AvgIpc) is 3.26. The molecule has 0 aliphatic carbocycles. The molecule has 0 unspecified atom stereocenters. The number of para-hydroxylation sites is 1. The molecule has 0 radical (unpaired) electrons. The summed E-state index contributed by atoms with van der Waals surface area (Å²) in [5, 5.41) is 0. The van der Waals surface area contributed by atoms with E-state index in [-0.39, 0.29) is 11.5 Å². The van der Waals surface area contributed by atoms with E-state index in [0.717, 1.165) is 35.6 Å². The van der Waals surface area contributed by atoms with Gasteiger partial charge < -0.3 is 28.4 Å². The summed E-state index contributed by atoms with van der Waals surface area (Å²) in [6.07, 6.45) is 2.49. The van der Waals surface area contributed by atoms with Gasteiger partial charge in [-0.2, -0.15) is 0 Å². The second kappa shape index (κ2) is 10.4. The fourth-order valence-corrected chi connectivity index (χ4v) is 4.67. The molecule has 0 atom stereocenters. The number of nitrogens with zero attached hydrogens (tertiary/aromatic N) is 1. The van der Waals surface area contributed by atoms with Crippen molar-refractivity contribution in [3.8, 4) is 34.5 Å². The lowest BCUT2D eigenvalue weighted by Gasteiger charge is -2.29. The molecule has 0 bridgehead atoms. The molecule has 2 aliphatic heterocycles. The molecule has 8 nitrogen and oxygen atoms in total. The van der Waals surface area contributed by atoms with Crippen LogP contribution in [0.1, 0.15) is 27.0 Å². The van der Waals surface area contributed by atoms with Crippen LogP contribution in [0.4, 0.5) is 0 Å². The third-order valence-corrected chi connectivity index (χ3v) is 6.56. The Labute approximate surface area is 215 Å². The highest BCUT2D eigenvalue weighted by Crippen LogP contribution is 2.43. The number of hydrogen-bond acceptors (Lipinski definition) is 8. The molecule has 0 saturated carbocycles. The van der Waals surface area contributed by atoms with Crippen LogP contribution in [0.2, 0.25) is 0 Å². The van der Waals surface area contributed by atoms with Crippen LogP contribution in [0.15, 0.2) is 54.3 Å². The molecular weight excluding hydrogens is 474 g/mol. The van der Waals surface area contributed by atoms with E-state index in [1.807, 2.05) is 24.3 Å². The van der Waals surface area contributed by atoms with E-state index in [1.54, 1.807) is 52.7 Å². The number of ether oxygens (including phenoxy) is 6. The number of benzene rings is 3. The van der Waals surface area contributed by atoms with Crippen molar-refractivity contribution in [1.82, 2.24) is 4.90 Å². The molecule has 0 amide bonds. The minimum atomic E-state index is -0.183. The Balaban J connectivity index is 1.38. The Morgan fingerprint density at radius 3 is 2.35 bits per heavy atom. The van der Waals surface area contributed by atoms with Gasteiger partial charge in [0, 0.05) is 13.1 Å². The van der Waals surface area contributed by atoms with Crippen LogP contribution in [-0.2, 0) is 13.0 Å². The minimum Gasteiger partial charge on any atom is -0.496 e. The summed E-state index contributed by atoms with van der Waals surface area (Å²) >= 11 is 0. The monoisotopic (exact) mass is 503 g/mol. The van der Waals surface area contributed by atoms with E-state index in [1.165, 1.54) is 0 Å². The number of hydrogen-bond donors (Lipinski definition) is 0. The molecule has 37 heavy (non-hydrogen) atoms. The first-order valence-corrected chi connectivity index (χ1v) is 11.9. The van der Waals surface area contributed by atoms with Crippen molar-refractivity contribution in [3.63, 3.8) is 0 Å². The molecule has 0 saturated heterocycles. The minimum absolute atomic E-state index is 0.183. The Bertz CT molecular complexity index is 1340.